The highest BCUT2D eigenvalue weighted by Gasteiger charge is 2.44. The van der Waals surface area contributed by atoms with Crippen molar-refractivity contribution in [2.75, 3.05) is 0 Å². The van der Waals surface area contributed by atoms with Crippen LogP contribution in [0.1, 0.15) is 38.7 Å². The third-order valence-corrected chi connectivity index (χ3v) is 4.00. The molecule has 0 spiro atoms. The molecule has 1 amide bonds. The minimum absolute atomic E-state index is 0.00411. The van der Waals surface area contributed by atoms with Gasteiger partial charge in [0.25, 0.3) is 0 Å². The summed E-state index contributed by atoms with van der Waals surface area (Å²) in [5, 5.41) is 3.05. The Morgan fingerprint density at radius 3 is 2.63 bits per heavy atom. The Kier molecular flexibility index (Phi) is 4.25. The van der Waals surface area contributed by atoms with Gasteiger partial charge in [-0.3, -0.25) is 4.79 Å². The molecule has 19 heavy (non-hydrogen) atoms. The van der Waals surface area contributed by atoms with Crippen molar-refractivity contribution in [3.63, 3.8) is 0 Å². The molecule has 2 unspecified atom stereocenters. The first kappa shape index (κ1) is 14.1. The second-order valence-electron chi connectivity index (χ2n) is 5.96. The van der Waals surface area contributed by atoms with Crippen molar-refractivity contribution in [3.05, 3.63) is 35.9 Å². The smallest absolute Gasteiger partial charge is 0.240 e. The number of aryl methyl sites for hydroxylation is 1. The molecule has 1 aliphatic rings. The summed E-state index contributed by atoms with van der Waals surface area (Å²) in [6.07, 6.45) is 4.08. The predicted octanol–water partition coefficient (Wildman–Crippen LogP) is 2.25. The van der Waals surface area contributed by atoms with Gasteiger partial charge in [-0.25, -0.2) is 0 Å². The van der Waals surface area contributed by atoms with Gasteiger partial charge >= 0.3 is 0 Å². The standard InChI is InChI=1S/C16H24N2O/c1-12(8-9-13-6-4-3-5-7-13)18-15(19)16(2,17)14-10-11-14/h3-7,12,14H,8-11,17H2,1-2H3,(H,18,19). The highest BCUT2D eigenvalue weighted by molar-refractivity contribution is 5.86. The van der Waals surface area contributed by atoms with Crippen LogP contribution in [-0.4, -0.2) is 17.5 Å². The van der Waals surface area contributed by atoms with Gasteiger partial charge in [-0.2, -0.15) is 0 Å². The molecule has 1 fully saturated rings. The Morgan fingerprint density at radius 2 is 2.05 bits per heavy atom. The second kappa shape index (κ2) is 5.74. The molecule has 1 aromatic rings. The minimum atomic E-state index is -0.693. The number of carbonyl (C=O) groups is 1. The summed E-state index contributed by atoms with van der Waals surface area (Å²) < 4.78 is 0. The summed E-state index contributed by atoms with van der Waals surface area (Å²) in [6.45, 7) is 3.90. The Balaban J connectivity index is 1.78. The van der Waals surface area contributed by atoms with Gasteiger partial charge in [0.05, 0.1) is 5.54 Å². The van der Waals surface area contributed by atoms with Crippen molar-refractivity contribution in [3.8, 4) is 0 Å². The monoisotopic (exact) mass is 260 g/mol. The van der Waals surface area contributed by atoms with Crippen LogP contribution < -0.4 is 11.1 Å². The average molecular weight is 260 g/mol. The highest BCUT2D eigenvalue weighted by Crippen LogP contribution is 2.38. The first-order valence-electron chi connectivity index (χ1n) is 7.14. The largest absolute Gasteiger partial charge is 0.352 e. The molecule has 3 heteroatoms. The number of hydrogen-bond acceptors (Lipinski definition) is 2. The molecule has 104 valence electrons. The van der Waals surface area contributed by atoms with Gasteiger partial charge in [-0.1, -0.05) is 30.3 Å². The van der Waals surface area contributed by atoms with E-state index in [0.717, 1.165) is 25.7 Å². The van der Waals surface area contributed by atoms with E-state index in [9.17, 15) is 4.79 Å². The zero-order valence-electron chi connectivity index (χ0n) is 11.9. The molecule has 1 aliphatic carbocycles. The lowest BCUT2D eigenvalue weighted by molar-refractivity contribution is -0.127. The van der Waals surface area contributed by atoms with E-state index in [0.29, 0.717) is 5.92 Å². The van der Waals surface area contributed by atoms with E-state index in [4.69, 9.17) is 5.73 Å². The molecule has 0 bridgehead atoms. The van der Waals surface area contributed by atoms with Gasteiger partial charge in [0.2, 0.25) is 5.91 Å². The molecule has 0 aromatic heterocycles. The number of rotatable bonds is 6. The number of benzene rings is 1. The molecule has 2 rings (SSSR count). The molecule has 0 aliphatic heterocycles. The molecule has 0 radical (unpaired) electrons. The zero-order valence-corrected chi connectivity index (χ0v) is 11.9. The normalized spacial score (nSPS) is 19.5. The maximum Gasteiger partial charge on any atom is 0.240 e. The van der Waals surface area contributed by atoms with Crippen molar-refractivity contribution in [2.24, 2.45) is 11.7 Å². The summed E-state index contributed by atoms with van der Waals surface area (Å²) >= 11 is 0. The maximum atomic E-state index is 12.1. The van der Waals surface area contributed by atoms with E-state index in [1.165, 1.54) is 5.56 Å². The van der Waals surface area contributed by atoms with Crippen molar-refractivity contribution >= 4 is 5.91 Å². The number of hydrogen-bond donors (Lipinski definition) is 2. The van der Waals surface area contributed by atoms with E-state index in [1.54, 1.807) is 0 Å². The number of nitrogens with two attached hydrogens (primary N) is 1. The lowest BCUT2D eigenvalue weighted by atomic mass is 9.95. The van der Waals surface area contributed by atoms with Gasteiger partial charge in [0.1, 0.15) is 0 Å². The molecule has 1 aromatic carbocycles. The highest BCUT2D eigenvalue weighted by atomic mass is 16.2. The molecule has 0 heterocycles. The Labute approximate surface area is 115 Å². The number of amides is 1. The van der Waals surface area contributed by atoms with Crippen LogP contribution >= 0.6 is 0 Å². The Bertz CT molecular complexity index is 424. The Hall–Kier alpha value is -1.35. The van der Waals surface area contributed by atoms with E-state index in [1.807, 2.05) is 32.0 Å². The predicted molar refractivity (Wildman–Crippen MR) is 77.7 cm³/mol. The van der Waals surface area contributed by atoms with E-state index >= 15 is 0 Å². The molecule has 3 N–H and O–H groups in total. The zero-order chi connectivity index (χ0) is 13.9. The summed E-state index contributed by atoms with van der Waals surface area (Å²) in [5.41, 5.74) is 6.72. The molecule has 1 saturated carbocycles. The maximum absolute atomic E-state index is 12.1. The van der Waals surface area contributed by atoms with Crippen LogP contribution in [0.3, 0.4) is 0 Å². The van der Waals surface area contributed by atoms with E-state index in [2.05, 4.69) is 17.4 Å². The van der Waals surface area contributed by atoms with Crippen LogP contribution in [0.15, 0.2) is 30.3 Å². The van der Waals surface area contributed by atoms with Gasteiger partial charge < -0.3 is 11.1 Å². The second-order valence-corrected chi connectivity index (χ2v) is 5.96. The molecular weight excluding hydrogens is 236 g/mol. The lowest BCUT2D eigenvalue weighted by Crippen LogP contribution is -2.55. The third kappa shape index (κ3) is 3.80. The Morgan fingerprint density at radius 1 is 1.42 bits per heavy atom. The first-order valence-corrected chi connectivity index (χ1v) is 7.14. The summed E-state index contributed by atoms with van der Waals surface area (Å²) in [7, 11) is 0. The van der Waals surface area contributed by atoms with Crippen LogP contribution in [0.4, 0.5) is 0 Å². The quantitative estimate of drug-likeness (QED) is 0.824. The molecule has 0 saturated heterocycles. The van der Waals surface area contributed by atoms with Crippen molar-refractivity contribution in [1.29, 1.82) is 0 Å². The van der Waals surface area contributed by atoms with Crippen LogP contribution in [0.5, 0.6) is 0 Å². The summed E-state index contributed by atoms with van der Waals surface area (Å²) in [4.78, 5) is 12.1. The van der Waals surface area contributed by atoms with Crippen LogP contribution in [0, 0.1) is 5.92 Å². The molecular formula is C16H24N2O. The van der Waals surface area contributed by atoms with Crippen LogP contribution in [0.25, 0.3) is 0 Å². The van der Waals surface area contributed by atoms with Gasteiger partial charge in [0.15, 0.2) is 0 Å². The fourth-order valence-corrected chi connectivity index (χ4v) is 2.35. The molecule has 3 nitrogen and oxygen atoms in total. The summed E-state index contributed by atoms with van der Waals surface area (Å²) in [5.74, 6) is 0.365. The van der Waals surface area contributed by atoms with Gasteiger partial charge in [-0.05, 0) is 51.0 Å². The lowest BCUT2D eigenvalue weighted by Gasteiger charge is -2.25. The number of carbonyl (C=O) groups excluding carboxylic acids is 1. The molecule has 2 atom stereocenters. The fraction of sp³-hybridized carbons (Fsp3) is 0.562. The average Bonchev–Trinajstić information content (AvgIpc) is 3.22. The first-order chi connectivity index (χ1) is 9.00. The van der Waals surface area contributed by atoms with E-state index in [-0.39, 0.29) is 11.9 Å². The third-order valence-electron chi connectivity index (χ3n) is 4.00. The summed E-state index contributed by atoms with van der Waals surface area (Å²) in [6, 6.07) is 10.5. The van der Waals surface area contributed by atoms with Crippen LogP contribution in [-0.2, 0) is 11.2 Å². The topological polar surface area (TPSA) is 55.1 Å². The van der Waals surface area contributed by atoms with Crippen molar-refractivity contribution < 1.29 is 4.79 Å². The van der Waals surface area contributed by atoms with Gasteiger partial charge in [-0.15, -0.1) is 0 Å². The SMILES string of the molecule is CC(CCc1ccccc1)NC(=O)C(C)(N)C1CC1. The van der Waals surface area contributed by atoms with E-state index < -0.39 is 5.54 Å². The fourth-order valence-electron chi connectivity index (χ4n) is 2.35. The van der Waals surface area contributed by atoms with Crippen molar-refractivity contribution in [2.45, 2.75) is 51.1 Å². The van der Waals surface area contributed by atoms with Crippen LogP contribution in [0.2, 0.25) is 0 Å². The van der Waals surface area contributed by atoms with Crippen molar-refractivity contribution in [1.82, 2.24) is 5.32 Å². The minimum Gasteiger partial charge on any atom is -0.352 e. The van der Waals surface area contributed by atoms with Gasteiger partial charge in [0, 0.05) is 6.04 Å². The number of nitrogens with one attached hydrogen (secondary N) is 1.